The Balaban J connectivity index is 2.71. The predicted molar refractivity (Wildman–Crippen MR) is 63.5 cm³/mol. The standard InChI is InChI=1S/C13H15NO2/c1-3-14(11(2)15)13(16)10-9-12-7-5-4-6-8-12/h4-10H,3H2,1-2H3. The number of imide groups is 1. The average molecular weight is 217 g/mol. The van der Waals surface area contributed by atoms with Crippen LogP contribution in [-0.2, 0) is 9.59 Å². The molecule has 0 aliphatic carbocycles. The van der Waals surface area contributed by atoms with Crippen LogP contribution in [0.4, 0.5) is 0 Å². The van der Waals surface area contributed by atoms with Crippen LogP contribution in [-0.4, -0.2) is 23.3 Å². The Kier molecular flexibility index (Phi) is 4.45. The Morgan fingerprint density at radius 1 is 1.25 bits per heavy atom. The molecule has 1 rings (SSSR count). The molecule has 0 aliphatic heterocycles. The molecule has 0 spiro atoms. The number of amides is 2. The zero-order valence-corrected chi connectivity index (χ0v) is 9.51. The molecule has 16 heavy (non-hydrogen) atoms. The third kappa shape index (κ3) is 3.35. The Morgan fingerprint density at radius 3 is 2.38 bits per heavy atom. The molecule has 0 unspecified atom stereocenters. The number of hydrogen-bond acceptors (Lipinski definition) is 2. The summed E-state index contributed by atoms with van der Waals surface area (Å²) < 4.78 is 0. The lowest BCUT2D eigenvalue weighted by atomic mass is 10.2. The molecule has 0 heterocycles. The van der Waals surface area contributed by atoms with E-state index in [0.717, 1.165) is 5.56 Å². The van der Waals surface area contributed by atoms with Crippen molar-refractivity contribution in [2.75, 3.05) is 6.54 Å². The van der Waals surface area contributed by atoms with Crippen molar-refractivity contribution in [3.8, 4) is 0 Å². The van der Waals surface area contributed by atoms with Crippen molar-refractivity contribution < 1.29 is 9.59 Å². The van der Waals surface area contributed by atoms with E-state index in [-0.39, 0.29) is 11.8 Å². The summed E-state index contributed by atoms with van der Waals surface area (Å²) in [5.41, 5.74) is 0.940. The number of hydrogen-bond donors (Lipinski definition) is 0. The molecule has 0 atom stereocenters. The van der Waals surface area contributed by atoms with E-state index in [9.17, 15) is 9.59 Å². The SMILES string of the molecule is CCN(C(C)=O)C(=O)C=Cc1ccccc1. The maximum absolute atomic E-state index is 11.6. The van der Waals surface area contributed by atoms with Crippen LogP contribution in [0.15, 0.2) is 36.4 Å². The molecule has 0 saturated heterocycles. The minimum absolute atomic E-state index is 0.231. The Morgan fingerprint density at radius 2 is 1.88 bits per heavy atom. The van der Waals surface area contributed by atoms with Crippen molar-refractivity contribution >= 4 is 17.9 Å². The molecular weight excluding hydrogens is 202 g/mol. The van der Waals surface area contributed by atoms with Gasteiger partial charge in [-0.15, -0.1) is 0 Å². The van der Waals surface area contributed by atoms with Crippen molar-refractivity contribution in [1.82, 2.24) is 4.90 Å². The van der Waals surface area contributed by atoms with E-state index in [2.05, 4.69) is 0 Å². The predicted octanol–water partition coefficient (Wildman–Crippen LogP) is 2.09. The highest BCUT2D eigenvalue weighted by molar-refractivity contribution is 6.02. The Bertz CT molecular complexity index is 396. The first-order valence-corrected chi connectivity index (χ1v) is 5.20. The molecule has 3 nitrogen and oxygen atoms in total. The van der Waals surface area contributed by atoms with Gasteiger partial charge in [0.05, 0.1) is 0 Å². The Hall–Kier alpha value is -1.90. The highest BCUT2D eigenvalue weighted by Gasteiger charge is 2.11. The normalized spacial score (nSPS) is 10.4. The summed E-state index contributed by atoms with van der Waals surface area (Å²) in [5.74, 6) is -0.510. The van der Waals surface area contributed by atoms with Gasteiger partial charge in [0.1, 0.15) is 0 Å². The monoisotopic (exact) mass is 217 g/mol. The van der Waals surface area contributed by atoms with Gasteiger partial charge in [-0.2, -0.15) is 0 Å². The smallest absolute Gasteiger partial charge is 0.253 e. The third-order valence-corrected chi connectivity index (χ3v) is 2.18. The van der Waals surface area contributed by atoms with E-state index in [1.54, 1.807) is 13.0 Å². The summed E-state index contributed by atoms with van der Waals surface area (Å²) in [6, 6.07) is 9.49. The molecule has 0 aromatic heterocycles. The highest BCUT2D eigenvalue weighted by Crippen LogP contribution is 2.02. The zero-order chi connectivity index (χ0) is 12.0. The molecular formula is C13H15NO2. The van der Waals surface area contributed by atoms with Crippen molar-refractivity contribution in [2.24, 2.45) is 0 Å². The van der Waals surface area contributed by atoms with Gasteiger partial charge in [0, 0.05) is 19.5 Å². The van der Waals surface area contributed by atoms with Crippen LogP contribution in [0.25, 0.3) is 6.08 Å². The van der Waals surface area contributed by atoms with E-state index >= 15 is 0 Å². The minimum atomic E-state index is -0.279. The second-order valence-corrected chi connectivity index (χ2v) is 3.35. The highest BCUT2D eigenvalue weighted by atomic mass is 16.2. The van der Waals surface area contributed by atoms with Crippen molar-refractivity contribution in [3.05, 3.63) is 42.0 Å². The lowest BCUT2D eigenvalue weighted by Crippen LogP contribution is -2.33. The minimum Gasteiger partial charge on any atom is -0.280 e. The number of carbonyl (C=O) groups is 2. The summed E-state index contributed by atoms with van der Waals surface area (Å²) in [7, 11) is 0. The van der Waals surface area contributed by atoms with E-state index in [4.69, 9.17) is 0 Å². The van der Waals surface area contributed by atoms with Gasteiger partial charge in [-0.05, 0) is 18.6 Å². The average Bonchev–Trinajstić information content (AvgIpc) is 2.28. The molecule has 0 N–H and O–H groups in total. The third-order valence-electron chi connectivity index (χ3n) is 2.18. The first kappa shape index (κ1) is 12.2. The zero-order valence-electron chi connectivity index (χ0n) is 9.51. The van der Waals surface area contributed by atoms with Crippen LogP contribution in [0.5, 0.6) is 0 Å². The quantitative estimate of drug-likeness (QED) is 0.727. The molecule has 0 radical (unpaired) electrons. The second-order valence-electron chi connectivity index (χ2n) is 3.35. The van der Waals surface area contributed by atoms with Crippen LogP contribution < -0.4 is 0 Å². The van der Waals surface area contributed by atoms with Gasteiger partial charge in [0.25, 0.3) is 5.91 Å². The van der Waals surface area contributed by atoms with E-state index in [0.29, 0.717) is 6.54 Å². The van der Waals surface area contributed by atoms with E-state index < -0.39 is 0 Å². The second kappa shape index (κ2) is 5.85. The molecule has 0 bridgehead atoms. The van der Waals surface area contributed by atoms with Gasteiger partial charge in [-0.1, -0.05) is 30.3 Å². The van der Waals surface area contributed by atoms with Crippen LogP contribution in [0.2, 0.25) is 0 Å². The van der Waals surface area contributed by atoms with Crippen LogP contribution in [0.3, 0.4) is 0 Å². The number of benzene rings is 1. The van der Waals surface area contributed by atoms with Crippen molar-refractivity contribution in [2.45, 2.75) is 13.8 Å². The number of likely N-dealkylation sites (N-methyl/N-ethyl adjacent to an activating group) is 1. The van der Waals surface area contributed by atoms with Crippen LogP contribution >= 0.6 is 0 Å². The first-order valence-electron chi connectivity index (χ1n) is 5.20. The van der Waals surface area contributed by atoms with Gasteiger partial charge >= 0.3 is 0 Å². The maximum Gasteiger partial charge on any atom is 0.253 e. The molecule has 0 aliphatic rings. The summed E-state index contributed by atoms with van der Waals surface area (Å²) in [4.78, 5) is 23.9. The molecule has 0 saturated carbocycles. The summed E-state index contributed by atoms with van der Waals surface area (Å²) >= 11 is 0. The largest absolute Gasteiger partial charge is 0.280 e. The summed E-state index contributed by atoms with van der Waals surface area (Å²) in [5, 5.41) is 0. The Labute approximate surface area is 95.4 Å². The summed E-state index contributed by atoms with van der Waals surface area (Å²) in [6.45, 7) is 3.56. The van der Waals surface area contributed by atoms with E-state index in [1.165, 1.54) is 17.9 Å². The fourth-order valence-electron chi connectivity index (χ4n) is 1.36. The molecule has 2 amide bonds. The fourth-order valence-corrected chi connectivity index (χ4v) is 1.36. The topological polar surface area (TPSA) is 37.4 Å². The van der Waals surface area contributed by atoms with Gasteiger partial charge in [-0.25, -0.2) is 0 Å². The summed E-state index contributed by atoms with van der Waals surface area (Å²) in [6.07, 6.45) is 3.12. The van der Waals surface area contributed by atoms with Crippen LogP contribution in [0, 0.1) is 0 Å². The lowest BCUT2D eigenvalue weighted by Gasteiger charge is -2.13. The van der Waals surface area contributed by atoms with Crippen molar-refractivity contribution in [3.63, 3.8) is 0 Å². The maximum atomic E-state index is 11.6. The van der Waals surface area contributed by atoms with E-state index in [1.807, 2.05) is 30.3 Å². The van der Waals surface area contributed by atoms with Crippen LogP contribution in [0.1, 0.15) is 19.4 Å². The number of carbonyl (C=O) groups excluding carboxylic acids is 2. The van der Waals surface area contributed by atoms with Gasteiger partial charge < -0.3 is 0 Å². The molecule has 84 valence electrons. The van der Waals surface area contributed by atoms with Gasteiger partial charge in [-0.3, -0.25) is 14.5 Å². The van der Waals surface area contributed by atoms with Crippen molar-refractivity contribution in [1.29, 1.82) is 0 Å². The number of rotatable bonds is 3. The van der Waals surface area contributed by atoms with Gasteiger partial charge in [0.15, 0.2) is 0 Å². The molecule has 0 fully saturated rings. The lowest BCUT2D eigenvalue weighted by molar-refractivity contribution is -0.140. The first-order chi connectivity index (χ1) is 7.65. The fraction of sp³-hybridized carbons (Fsp3) is 0.231. The molecule has 1 aromatic carbocycles. The van der Waals surface area contributed by atoms with Gasteiger partial charge in [0.2, 0.25) is 5.91 Å². The molecule has 1 aromatic rings. The number of nitrogens with zero attached hydrogens (tertiary/aromatic N) is 1. The molecule has 3 heteroatoms.